The predicted octanol–water partition coefficient (Wildman–Crippen LogP) is 2.85. The van der Waals surface area contributed by atoms with Gasteiger partial charge in [-0.2, -0.15) is 0 Å². The second-order valence-electron chi connectivity index (χ2n) is 8.24. The molecule has 0 aliphatic heterocycles. The standard InChI is InChI=1S/C20H24ClNO5/c1-10(18(26)27-19(2,3)4)22-17(25)14-15(23)12-9-11(21)7-8-13(12)20(5,6)16(14)24/h7-10,14H,1-6H3,(H,22,25)/t10-,14?/m0/s1. The van der Waals surface area contributed by atoms with Crippen molar-refractivity contribution in [2.24, 2.45) is 5.92 Å². The first-order chi connectivity index (χ1) is 12.3. The van der Waals surface area contributed by atoms with Crippen LogP contribution in [0.25, 0.3) is 0 Å². The SMILES string of the molecule is C[C@H](NC(=O)C1C(=O)c2cc(Cl)ccc2C(C)(C)C1=O)C(=O)OC(C)(C)C. The van der Waals surface area contributed by atoms with Crippen molar-refractivity contribution >= 4 is 35.0 Å². The summed E-state index contributed by atoms with van der Waals surface area (Å²) < 4.78 is 5.21. The van der Waals surface area contributed by atoms with Crippen LogP contribution in [0.5, 0.6) is 0 Å². The summed E-state index contributed by atoms with van der Waals surface area (Å²) in [6.07, 6.45) is 0. The average Bonchev–Trinajstić information content (AvgIpc) is 2.51. The maximum atomic E-state index is 12.9. The number of hydrogen-bond acceptors (Lipinski definition) is 5. The second-order valence-corrected chi connectivity index (χ2v) is 8.68. The summed E-state index contributed by atoms with van der Waals surface area (Å²) in [6, 6.07) is 3.70. The third-order valence-corrected chi connectivity index (χ3v) is 4.68. The molecule has 1 aromatic rings. The number of fused-ring (bicyclic) bond motifs is 1. The van der Waals surface area contributed by atoms with Gasteiger partial charge in [0.15, 0.2) is 17.5 Å². The highest BCUT2D eigenvalue weighted by atomic mass is 35.5. The van der Waals surface area contributed by atoms with E-state index in [1.807, 2.05) is 0 Å². The van der Waals surface area contributed by atoms with E-state index >= 15 is 0 Å². The minimum atomic E-state index is -1.53. The number of carbonyl (C=O) groups is 4. The highest BCUT2D eigenvalue weighted by Gasteiger charge is 2.49. The molecule has 7 heteroatoms. The molecular formula is C20H24ClNO5. The van der Waals surface area contributed by atoms with Crippen molar-refractivity contribution in [2.45, 2.75) is 58.6 Å². The van der Waals surface area contributed by atoms with Gasteiger partial charge in [0.2, 0.25) is 5.91 Å². The van der Waals surface area contributed by atoms with Crippen LogP contribution in [0.1, 0.15) is 57.5 Å². The van der Waals surface area contributed by atoms with Gasteiger partial charge in [0.05, 0.1) is 5.41 Å². The van der Waals surface area contributed by atoms with Crippen LogP contribution >= 0.6 is 11.6 Å². The Balaban J connectivity index is 2.30. The molecule has 2 atom stereocenters. The molecule has 146 valence electrons. The molecule has 0 aromatic heterocycles. The van der Waals surface area contributed by atoms with Crippen molar-refractivity contribution in [1.82, 2.24) is 5.32 Å². The molecular weight excluding hydrogens is 370 g/mol. The van der Waals surface area contributed by atoms with Crippen LogP contribution in [-0.4, -0.2) is 35.1 Å². The number of esters is 1. The lowest BCUT2D eigenvalue weighted by atomic mass is 9.66. The number of rotatable bonds is 3. The van der Waals surface area contributed by atoms with Gasteiger partial charge in [-0.1, -0.05) is 17.7 Å². The van der Waals surface area contributed by atoms with E-state index in [1.165, 1.54) is 13.0 Å². The fourth-order valence-electron chi connectivity index (χ4n) is 3.02. The lowest BCUT2D eigenvalue weighted by Crippen LogP contribution is -2.53. The molecule has 1 unspecified atom stereocenters. The molecule has 0 bridgehead atoms. The summed E-state index contributed by atoms with van der Waals surface area (Å²) >= 11 is 5.99. The van der Waals surface area contributed by atoms with Crippen LogP contribution in [-0.2, 0) is 24.5 Å². The number of benzene rings is 1. The molecule has 0 radical (unpaired) electrons. The molecule has 0 saturated heterocycles. The molecule has 1 N–H and O–H groups in total. The fourth-order valence-corrected chi connectivity index (χ4v) is 3.19. The van der Waals surface area contributed by atoms with Crippen molar-refractivity contribution in [1.29, 1.82) is 0 Å². The van der Waals surface area contributed by atoms with Gasteiger partial charge in [-0.15, -0.1) is 0 Å². The van der Waals surface area contributed by atoms with Gasteiger partial charge in [0.25, 0.3) is 0 Å². The van der Waals surface area contributed by atoms with Gasteiger partial charge in [-0.3, -0.25) is 14.4 Å². The van der Waals surface area contributed by atoms with Crippen LogP contribution in [0, 0.1) is 5.92 Å². The first-order valence-corrected chi connectivity index (χ1v) is 9.05. The molecule has 0 spiro atoms. The third kappa shape index (κ3) is 4.21. The topological polar surface area (TPSA) is 89.5 Å². The number of hydrogen-bond donors (Lipinski definition) is 1. The summed E-state index contributed by atoms with van der Waals surface area (Å²) in [7, 11) is 0. The summed E-state index contributed by atoms with van der Waals surface area (Å²) in [4.78, 5) is 50.5. The van der Waals surface area contributed by atoms with E-state index in [1.54, 1.807) is 46.8 Å². The van der Waals surface area contributed by atoms with Crippen LogP contribution in [0.3, 0.4) is 0 Å². The molecule has 0 heterocycles. The zero-order chi connectivity index (χ0) is 20.7. The highest BCUT2D eigenvalue weighted by Crippen LogP contribution is 2.38. The van der Waals surface area contributed by atoms with Crippen LogP contribution in [0.4, 0.5) is 0 Å². The Labute approximate surface area is 163 Å². The number of ketones is 2. The molecule has 1 aliphatic rings. The number of halogens is 1. The van der Waals surface area contributed by atoms with Gasteiger partial charge >= 0.3 is 5.97 Å². The average molecular weight is 394 g/mol. The second kappa shape index (κ2) is 7.08. The van der Waals surface area contributed by atoms with Gasteiger partial charge in [0.1, 0.15) is 11.6 Å². The summed E-state index contributed by atoms with van der Waals surface area (Å²) in [5.74, 6) is -4.13. The molecule has 0 saturated carbocycles. The van der Waals surface area contributed by atoms with E-state index in [9.17, 15) is 19.2 Å². The largest absolute Gasteiger partial charge is 0.458 e. The number of ether oxygens (including phenoxy) is 1. The molecule has 1 amide bonds. The van der Waals surface area contributed by atoms with Crippen molar-refractivity contribution in [3.8, 4) is 0 Å². The lowest BCUT2D eigenvalue weighted by Gasteiger charge is -2.34. The van der Waals surface area contributed by atoms with Crippen molar-refractivity contribution in [3.05, 3.63) is 34.3 Å². The highest BCUT2D eigenvalue weighted by molar-refractivity contribution is 6.33. The van der Waals surface area contributed by atoms with Gasteiger partial charge in [-0.25, -0.2) is 4.79 Å². The van der Waals surface area contributed by atoms with Crippen LogP contribution in [0.2, 0.25) is 5.02 Å². The minimum absolute atomic E-state index is 0.247. The van der Waals surface area contributed by atoms with Crippen molar-refractivity contribution in [2.75, 3.05) is 0 Å². The van der Waals surface area contributed by atoms with Crippen LogP contribution < -0.4 is 5.32 Å². The number of nitrogens with one attached hydrogen (secondary N) is 1. The Bertz CT molecular complexity index is 822. The number of Topliss-reactive ketones (excluding diaryl/α,β-unsaturated/α-hetero) is 2. The Morgan fingerprint density at radius 3 is 2.37 bits per heavy atom. The van der Waals surface area contributed by atoms with E-state index in [4.69, 9.17) is 16.3 Å². The smallest absolute Gasteiger partial charge is 0.328 e. The molecule has 1 aliphatic carbocycles. The molecule has 0 fully saturated rings. The summed E-state index contributed by atoms with van der Waals surface area (Å²) in [6.45, 7) is 9.88. The lowest BCUT2D eigenvalue weighted by molar-refractivity contribution is -0.158. The first-order valence-electron chi connectivity index (χ1n) is 8.67. The monoisotopic (exact) mass is 393 g/mol. The zero-order valence-electron chi connectivity index (χ0n) is 16.3. The van der Waals surface area contributed by atoms with Gasteiger partial charge in [-0.05, 0) is 59.2 Å². The predicted molar refractivity (Wildman–Crippen MR) is 101 cm³/mol. The van der Waals surface area contributed by atoms with Crippen LogP contribution in [0.15, 0.2) is 18.2 Å². The Kier molecular flexibility index (Phi) is 5.53. The molecule has 27 heavy (non-hydrogen) atoms. The maximum Gasteiger partial charge on any atom is 0.328 e. The van der Waals surface area contributed by atoms with Gasteiger partial charge < -0.3 is 10.1 Å². The van der Waals surface area contributed by atoms with Crippen molar-refractivity contribution in [3.63, 3.8) is 0 Å². The number of amides is 1. The Morgan fingerprint density at radius 1 is 1.22 bits per heavy atom. The maximum absolute atomic E-state index is 12.9. The zero-order valence-corrected chi connectivity index (χ0v) is 17.1. The van der Waals surface area contributed by atoms with E-state index in [0.717, 1.165) is 0 Å². The van der Waals surface area contributed by atoms with E-state index < -0.39 is 46.4 Å². The quantitative estimate of drug-likeness (QED) is 0.630. The Morgan fingerprint density at radius 2 is 1.81 bits per heavy atom. The van der Waals surface area contributed by atoms with E-state index in [-0.39, 0.29) is 5.56 Å². The minimum Gasteiger partial charge on any atom is -0.458 e. The van der Waals surface area contributed by atoms with E-state index in [2.05, 4.69) is 5.32 Å². The van der Waals surface area contributed by atoms with Crippen molar-refractivity contribution < 1.29 is 23.9 Å². The molecule has 1 aromatic carbocycles. The summed E-state index contributed by atoms with van der Waals surface area (Å²) in [5, 5.41) is 2.77. The van der Waals surface area contributed by atoms with Gasteiger partial charge in [0, 0.05) is 10.6 Å². The number of carbonyl (C=O) groups excluding carboxylic acids is 4. The normalized spacial score (nSPS) is 19.9. The summed E-state index contributed by atoms with van der Waals surface area (Å²) in [5.41, 5.74) is -0.974. The fraction of sp³-hybridized carbons (Fsp3) is 0.500. The third-order valence-electron chi connectivity index (χ3n) is 4.44. The molecule has 2 rings (SSSR count). The van der Waals surface area contributed by atoms with E-state index in [0.29, 0.717) is 10.6 Å². The Hall–Kier alpha value is -2.21. The first kappa shape index (κ1) is 21.1. The molecule has 6 nitrogen and oxygen atoms in total.